The van der Waals surface area contributed by atoms with E-state index < -0.39 is 5.63 Å². The molecule has 0 aromatic carbocycles. The second-order valence-corrected chi connectivity index (χ2v) is 7.18. The highest BCUT2D eigenvalue weighted by Crippen LogP contribution is 2.33. The van der Waals surface area contributed by atoms with E-state index in [1.807, 2.05) is 0 Å². The number of H-pyrrole nitrogens is 1. The lowest BCUT2D eigenvalue weighted by Gasteiger charge is -2.22. The molecule has 0 spiro atoms. The lowest BCUT2D eigenvalue weighted by molar-refractivity contribution is 0.293. The highest BCUT2D eigenvalue weighted by atomic mass is 16.6. The summed E-state index contributed by atoms with van der Waals surface area (Å²) in [5.41, 5.74) is 0.735. The molecule has 4 rings (SSSR count). The molecule has 1 aliphatic carbocycles. The van der Waals surface area contributed by atoms with E-state index in [2.05, 4.69) is 27.1 Å². The Morgan fingerprint density at radius 1 is 1.35 bits per heavy atom. The molecular formula is C18H22N4O4. The van der Waals surface area contributed by atoms with Crippen LogP contribution in [-0.4, -0.2) is 40.7 Å². The van der Waals surface area contributed by atoms with Crippen LogP contribution in [-0.2, 0) is 6.42 Å². The minimum atomic E-state index is -0.506. The van der Waals surface area contributed by atoms with Gasteiger partial charge in [0.05, 0.1) is 5.71 Å². The van der Waals surface area contributed by atoms with Crippen molar-refractivity contribution < 1.29 is 9.25 Å². The first kappa shape index (κ1) is 17.0. The number of aromatic nitrogens is 2. The monoisotopic (exact) mass is 358 g/mol. The second kappa shape index (κ2) is 7.03. The standard InChI is InChI=1S/C18H22N4O4/c1-22-8-6-13(7-9-22)21-26-18-19-16(24)15-12(5-4-11-2-3-11)10-14(23)25-17(15)20-18/h10-11H,2-9H2,1H3,(H,19,20,24). The third kappa shape index (κ3) is 3.85. The Labute approximate surface area is 149 Å². The van der Waals surface area contributed by atoms with Gasteiger partial charge in [-0.2, -0.15) is 4.98 Å². The predicted octanol–water partition coefficient (Wildman–Crippen LogP) is 1.68. The molecule has 0 unspecified atom stereocenters. The molecule has 8 heteroatoms. The Morgan fingerprint density at radius 3 is 2.85 bits per heavy atom. The zero-order chi connectivity index (χ0) is 18.1. The maximum atomic E-state index is 12.5. The summed E-state index contributed by atoms with van der Waals surface area (Å²) < 4.78 is 5.13. The van der Waals surface area contributed by atoms with Gasteiger partial charge >= 0.3 is 11.6 Å². The number of hydrogen-bond donors (Lipinski definition) is 1. The summed E-state index contributed by atoms with van der Waals surface area (Å²) in [6.45, 7) is 1.84. The number of fused-ring (bicyclic) bond motifs is 1. The minimum absolute atomic E-state index is 0.00521. The summed E-state index contributed by atoms with van der Waals surface area (Å²) in [5.74, 6) is 0.706. The van der Waals surface area contributed by atoms with E-state index in [0.717, 1.165) is 38.1 Å². The molecule has 8 nitrogen and oxygen atoms in total. The molecule has 0 radical (unpaired) electrons. The lowest BCUT2D eigenvalue weighted by atomic mass is 10.1. The van der Waals surface area contributed by atoms with Crippen molar-refractivity contribution in [3.63, 3.8) is 0 Å². The van der Waals surface area contributed by atoms with Crippen molar-refractivity contribution in [1.82, 2.24) is 14.9 Å². The smallest absolute Gasteiger partial charge is 0.337 e. The average Bonchev–Trinajstić information content (AvgIpc) is 3.43. The number of oxime groups is 1. The van der Waals surface area contributed by atoms with E-state index in [1.165, 1.54) is 18.9 Å². The number of rotatable bonds is 5. The molecular weight excluding hydrogens is 336 g/mol. The molecule has 2 aromatic rings. The molecule has 2 aromatic heterocycles. The van der Waals surface area contributed by atoms with Crippen LogP contribution in [0.25, 0.3) is 11.1 Å². The summed E-state index contributed by atoms with van der Waals surface area (Å²) in [6, 6.07) is 1.33. The molecule has 2 fully saturated rings. The maximum absolute atomic E-state index is 12.5. The number of nitrogens with one attached hydrogen (secondary N) is 1. The van der Waals surface area contributed by atoms with Gasteiger partial charge in [0.1, 0.15) is 5.39 Å². The largest absolute Gasteiger partial charge is 0.403 e. The van der Waals surface area contributed by atoms with Crippen molar-refractivity contribution in [2.24, 2.45) is 11.1 Å². The summed E-state index contributed by atoms with van der Waals surface area (Å²) in [6.07, 6.45) is 5.72. The van der Waals surface area contributed by atoms with Gasteiger partial charge in [-0.1, -0.05) is 18.0 Å². The lowest BCUT2D eigenvalue weighted by Crippen LogP contribution is -2.30. The third-order valence-electron chi connectivity index (χ3n) is 5.02. The van der Waals surface area contributed by atoms with E-state index in [4.69, 9.17) is 9.25 Å². The van der Waals surface area contributed by atoms with Gasteiger partial charge in [-0.25, -0.2) is 4.79 Å². The SMILES string of the molecule is CN1CCC(=NOc2nc3oc(=O)cc(CCC4CC4)c3c(=O)[nH]2)CC1. The topological polar surface area (TPSA) is 101 Å². The van der Waals surface area contributed by atoms with Gasteiger partial charge < -0.3 is 14.2 Å². The fourth-order valence-electron chi connectivity index (χ4n) is 3.21. The van der Waals surface area contributed by atoms with Gasteiger partial charge in [0, 0.05) is 32.0 Å². The van der Waals surface area contributed by atoms with Crippen molar-refractivity contribution in [2.45, 2.75) is 38.5 Å². The maximum Gasteiger partial charge on any atom is 0.337 e. The highest BCUT2D eigenvalue weighted by molar-refractivity contribution is 5.85. The van der Waals surface area contributed by atoms with Crippen LogP contribution < -0.4 is 16.0 Å². The number of aryl methyl sites for hydroxylation is 1. The van der Waals surface area contributed by atoms with E-state index in [9.17, 15) is 9.59 Å². The molecule has 0 atom stereocenters. The summed E-state index contributed by atoms with van der Waals surface area (Å²) in [4.78, 5) is 38.6. The normalized spacial score (nSPS) is 18.3. The fraction of sp³-hybridized carbons (Fsp3) is 0.556. The molecule has 2 aliphatic rings. The molecule has 138 valence electrons. The molecule has 1 saturated heterocycles. The van der Waals surface area contributed by atoms with Crippen LogP contribution in [0.3, 0.4) is 0 Å². The first-order valence-corrected chi connectivity index (χ1v) is 9.07. The highest BCUT2D eigenvalue weighted by Gasteiger charge is 2.22. The Morgan fingerprint density at radius 2 is 2.12 bits per heavy atom. The molecule has 0 bridgehead atoms. The van der Waals surface area contributed by atoms with Crippen molar-refractivity contribution in [2.75, 3.05) is 20.1 Å². The van der Waals surface area contributed by atoms with Crippen LogP contribution >= 0.6 is 0 Å². The molecule has 1 aliphatic heterocycles. The average molecular weight is 358 g/mol. The number of aromatic amines is 1. The molecule has 1 N–H and O–H groups in total. The van der Waals surface area contributed by atoms with Crippen LogP contribution in [0.2, 0.25) is 0 Å². The summed E-state index contributed by atoms with van der Waals surface area (Å²) in [5, 5.41) is 4.41. The first-order valence-electron chi connectivity index (χ1n) is 9.07. The Hall–Kier alpha value is -2.48. The van der Waals surface area contributed by atoms with Gasteiger partial charge in [-0.3, -0.25) is 9.78 Å². The zero-order valence-corrected chi connectivity index (χ0v) is 14.8. The van der Waals surface area contributed by atoms with Gasteiger partial charge in [0.15, 0.2) is 0 Å². The number of likely N-dealkylation sites (tertiary alicyclic amines) is 1. The Kier molecular flexibility index (Phi) is 4.58. The summed E-state index contributed by atoms with van der Waals surface area (Å²) >= 11 is 0. The van der Waals surface area contributed by atoms with E-state index in [1.54, 1.807) is 0 Å². The molecule has 3 heterocycles. The van der Waals surface area contributed by atoms with Crippen molar-refractivity contribution >= 4 is 16.8 Å². The van der Waals surface area contributed by atoms with Crippen LogP contribution in [0.5, 0.6) is 6.01 Å². The molecule has 1 saturated carbocycles. The second-order valence-electron chi connectivity index (χ2n) is 7.18. The van der Waals surface area contributed by atoms with Crippen LogP contribution in [0.4, 0.5) is 0 Å². The van der Waals surface area contributed by atoms with Gasteiger partial charge in [-0.05, 0) is 31.4 Å². The van der Waals surface area contributed by atoms with Crippen LogP contribution in [0, 0.1) is 5.92 Å². The van der Waals surface area contributed by atoms with Crippen molar-refractivity contribution in [1.29, 1.82) is 0 Å². The Bertz CT molecular complexity index is 948. The van der Waals surface area contributed by atoms with Gasteiger partial charge in [0.2, 0.25) is 5.71 Å². The van der Waals surface area contributed by atoms with Gasteiger partial charge in [0.25, 0.3) is 5.56 Å². The van der Waals surface area contributed by atoms with E-state index in [-0.39, 0.29) is 17.3 Å². The quantitative estimate of drug-likeness (QED) is 0.816. The van der Waals surface area contributed by atoms with E-state index >= 15 is 0 Å². The number of hydrogen-bond acceptors (Lipinski definition) is 7. The molecule has 26 heavy (non-hydrogen) atoms. The third-order valence-corrected chi connectivity index (χ3v) is 5.02. The van der Waals surface area contributed by atoms with Gasteiger partial charge in [-0.15, -0.1) is 0 Å². The zero-order valence-electron chi connectivity index (χ0n) is 14.8. The van der Waals surface area contributed by atoms with Crippen LogP contribution in [0.15, 0.2) is 25.2 Å². The van der Waals surface area contributed by atoms with Crippen molar-refractivity contribution in [3.8, 4) is 6.01 Å². The van der Waals surface area contributed by atoms with Crippen molar-refractivity contribution in [3.05, 3.63) is 32.4 Å². The Balaban J connectivity index is 1.60. The fourth-order valence-corrected chi connectivity index (χ4v) is 3.21. The molecule has 0 amide bonds. The van der Waals surface area contributed by atoms with E-state index in [0.29, 0.717) is 23.3 Å². The number of piperidine rings is 1. The first-order chi connectivity index (χ1) is 12.6. The predicted molar refractivity (Wildman–Crippen MR) is 96.7 cm³/mol. The minimum Gasteiger partial charge on any atom is -0.403 e. The number of nitrogens with zero attached hydrogens (tertiary/aromatic N) is 3. The van der Waals surface area contributed by atoms with Crippen LogP contribution in [0.1, 0.15) is 37.7 Å². The summed E-state index contributed by atoms with van der Waals surface area (Å²) in [7, 11) is 2.06.